The van der Waals surface area contributed by atoms with Gasteiger partial charge >= 0.3 is 0 Å². The molecule has 3 aromatic heterocycles. The predicted octanol–water partition coefficient (Wildman–Crippen LogP) is 2.04. The molecule has 0 saturated heterocycles. The molecule has 28 heavy (non-hydrogen) atoms. The molecule has 8 heteroatoms. The molecule has 0 atom stereocenters. The highest BCUT2D eigenvalue weighted by atomic mass is 16.1. The zero-order valence-corrected chi connectivity index (χ0v) is 14.9. The average molecular weight is 371 g/mol. The van der Waals surface area contributed by atoms with Crippen molar-refractivity contribution >= 4 is 34.8 Å². The van der Waals surface area contributed by atoms with Gasteiger partial charge in [0.15, 0.2) is 0 Å². The van der Waals surface area contributed by atoms with Crippen molar-refractivity contribution < 1.29 is 4.79 Å². The number of carbonyl (C=O) groups excluding carboxylic acids is 1. The first kappa shape index (κ1) is 17.5. The molecule has 0 aliphatic heterocycles. The number of aromatic nitrogens is 5. The van der Waals surface area contributed by atoms with Gasteiger partial charge in [0.2, 0.25) is 0 Å². The molecule has 0 fully saturated rings. The van der Waals surface area contributed by atoms with Crippen LogP contribution in [0.4, 0.5) is 0 Å². The minimum absolute atomic E-state index is 0.167. The van der Waals surface area contributed by atoms with Crippen LogP contribution in [-0.2, 0) is 11.2 Å². The molecule has 8 nitrogen and oxygen atoms in total. The summed E-state index contributed by atoms with van der Waals surface area (Å²) in [6.45, 7) is 0.167. The van der Waals surface area contributed by atoms with Crippen molar-refractivity contribution in [2.75, 3.05) is 6.54 Å². The summed E-state index contributed by atoms with van der Waals surface area (Å²) in [5, 5.41) is 16.1. The molecule has 138 valence electrons. The largest absolute Gasteiger partial charge is 0.384 e. The van der Waals surface area contributed by atoms with Crippen molar-refractivity contribution in [1.82, 2.24) is 29.9 Å². The zero-order chi connectivity index (χ0) is 19.3. The number of allylic oxidation sites excluding steroid dienone is 1. The van der Waals surface area contributed by atoms with Crippen molar-refractivity contribution in [3.8, 4) is 0 Å². The molecule has 3 heterocycles. The second-order valence-corrected chi connectivity index (χ2v) is 6.13. The summed E-state index contributed by atoms with van der Waals surface area (Å²) in [4.78, 5) is 23.4. The minimum atomic E-state index is 0.167. The number of hydrogen-bond donors (Lipinski definition) is 2. The SMILES string of the molecule is N=C/C(=C\NCC=O)c1cnc2ncc(Cc3ccc4ncccc4c3)n2n1. The Morgan fingerprint density at radius 2 is 2.07 bits per heavy atom. The number of imidazole rings is 1. The highest BCUT2D eigenvalue weighted by molar-refractivity contribution is 6.07. The Hall–Kier alpha value is -3.94. The van der Waals surface area contributed by atoms with Crippen LogP contribution in [0.3, 0.4) is 0 Å². The molecule has 0 radical (unpaired) electrons. The summed E-state index contributed by atoms with van der Waals surface area (Å²) >= 11 is 0. The van der Waals surface area contributed by atoms with Gasteiger partial charge in [0, 0.05) is 36.0 Å². The van der Waals surface area contributed by atoms with Crippen LogP contribution in [0.2, 0.25) is 0 Å². The number of aldehydes is 1. The summed E-state index contributed by atoms with van der Waals surface area (Å²) in [7, 11) is 0. The quantitative estimate of drug-likeness (QED) is 0.292. The van der Waals surface area contributed by atoms with E-state index >= 15 is 0 Å². The number of benzene rings is 1. The summed E-state index contributed by atoms with van der Waals surface area (Å²) in [5.41, 5.74) is 3.99. The van der Waals surface area contributed by atoms with Crippen LogP contribution in [0.1, 0.15) is 17.0 Å². The Balaban J connectivity index is 1.68. The Kier molecular flexibility index (Phi) is 4.83. The number of pyridine rings is 1. The fourth-order valence-electron chi connectivity index (χ4n) is 2.92. The van der Waals surface area contributed by atoms with Crippen LogP contribution in [-0.4, -0.2) is 43.6 Å². The van der Waals surface area contributed by atoms with Gasteiger partial charge in [-0.25, -0.2) is 14.5 Å². The highest BCUT2D eigenvalue weighted by Crippen LogP contribution is 2.17. The van der Waals surface area contributed by atoms with Gasteiger partial charge in [-0.05, 0) is 23.8 Å². The van der Waals surface area contributed by atoms with Gasteiger partial charge in [-0.3, -0.25) is 4.98 Å². The molecule has 4 rings (SSSR count). The zero-order valence-electron chi connectivity index (χ0n) is 14.9. The van der Waals surface area contributed by atoms with Crippen molar-refractivity contribution in [3.63, 3.8) is 0 Å². The lowest BCUT2D eigenvalue weighted by Crippen LogP contribution is -2.10. The maximum atomic E-state index is 10.5. The average Bonchev–Trinajstić information content (AvgIpc) is 3.13. The maximum absolute atomic E-state index is 10.5. The van der Waals surface area contributed by atoms with Crippen molar-refractivity contribution in [1.29, 1.82) is 5.41 Å². The number of nitrogens with one attached hydrogen (secondary N) is 2. The molecule has 0 spiro atoms. The summed E-state index contributed by atoms with van der Waals surface area (Å²) < 4.78 is 1.68. The van der Waals surface area contributed by atoms with Crippen molar-refractivity contribution in [2.24, 2.45) is 0 Å². The van der Waals surface area contributed by atoms with E-state index in [1.165, 1.54) is 6.21 Å². The van der Waals surface area contributed by atoms with E-state index in [1.54, 1.807) is 29.3 Å². The topological polar surface area (TPSA) is 109 Å². The monoisotopic (exact) mass is 371 g/mol. The molecule has 0 amide bonds. The van der Waals surface area contributed by atoms with Gasteiger partial charge in [0.25, 0.3) is 5.78 Å². The van der Waals surface area contributed by atoms with Crippen LogP contribution < -0.4 is 5.32 Å². The molecule has 1 aromatic carbocycles. The number of nitrogens with zero attached hydrogens (tertiary/aromatic N) is 5. The van der Waals surface area contributed by atoms with Gasteiger partial charge in [0.1, 0.15) is 12.0 Å². The number of carbonyl (C=O) groups is 1. The third-order valence-electron chi connectivity index (χ3n) is 4.26. The first-order chi connectivity index (χ1) is 13.8. The van der Waals surface area contributed by atoms with E-state index in [1.807, 2.05) is 24.3 Å². The van der Waals surface area contributed by atoms with Crippen LogP contribution in [0.25, 0.3) is 22.3 Å². The lowest BCUT2D eigenvalue weighted by Gasteiger charge is -2.05. The second-order valence-electron chi connectivity index (χ2n) is 6.13. The van der Waals surface area contributed by atoms with E-state index in [0.717, 1.165) is 28.4 Å². The Morgan fingerprint density at radius 3 is 2.93 bits per heavy atom. The standard InChI is InChI=1S/C20H17N7O/c21-10-16(11-22-6-7-28)19-13-25-20-24-12-17(27(20)26-19)9-14-3-4-18-15(8-14)2-1-5-23-18/h1-5,7-8,10-13,21-22H,6,9H2/b16-11+,21-10?. The third-order valence-corrected chi connectivity index (χ3v) is 4.26. The van der Waals surface area contributed by atoms with Gasteiger partial charge in [-0.15, -0.1) is 0 Å². The fraction of sp³-hybridized carbons (Fsp3) is 0.100. The molecule has 0 bridgehead atoms. The normalized spacial score (nSPS) is 11.6. The summed E-state index contributed by atoms with van der Waals surface area (Å²) in [6.07, 6.45) is 9.22. The minimum Gasteiger partial charge on any atom is -0.384 e. The molecule has 0 aliphatic carbocycles. The van der Waals surface area contributed by atoms with E-state index in [4.69, 9.17) is 5.41 Å². The second kappa shape index (κ2) is 7.75. The van der Waals surface area contributed by atoms with E-state index in [-0.39, 0.29) is 6.54 Å². The lowest BCUT2D eigenvalue weighted by atomic mass is 10.1. The Labute approximate surface area is 160 Å². The molecular weight excluding hydrogens is 354 g/mol. The molecule has 4 aromatic rings. The molecule has 0 saturated carbocycles. The Morgan fingerprint density at radius 1 is 1.18 bits per heavy atom. The van der Waals surface area contributed by atoms with Crippen LogP contribution in [0.15, 0.2) is 55.1 Å². The summed E-state index contributed by atoms with van der Waals surface area (Å²) in [5.74, 6) is 0.492. The summed E-state index contributed by atoms with van der Waals surface area (Å²) in [6, 6.07) is 10.1. The number of rotatable bonds is 7. The predicted molar refractivity (Wildman–Crippen MR) is 106 cm³/mol. The van der Waals surface area contributed by atoms with Crippen LogP contribution >= 0.6 is 0 Å². The lowest BCUT2D eigenvalue weighted by molar-refractivity contribution is -0.107. The van der Waals surface area contributed by atoms with Gasteiger partial charge in [-0.2, -0.15) is 5.10 Å². The van der Waals surface area contributed by atoms with Crippen molar-refractivity contribution in [3.05, 3.63) is 72.1 Å². The molecular formula is C20H17N7O. The van der Waals surface area contributed by atoms with E-state index < -0.39 is 0 Å². The molecule has 0 aliphatic rings. The first-order valence-electron chi connectivity index (χ1n) is 8.70. The Bertz CT molecular complexity index is 1200. The molecule has 0 unspecified atom stereocenters. The molecule has 2 N–H and O–H groups in total. The van der Waals surface area contributed by atoms with Gasteiger partial charge < -0.3 is 15.5 Å². The van der Waals surface area contributed by atoms with Gasteiger partial charge in [-0.1, -0.05) is 12.1 Å². The first-order valence-corrected chi connectivity index (χ1v) is 8.70. The number of hydrogen-bond acceptors (Lipinski definition) is 7. The fourth-order valence-corrected chi connectivity index (χ4v) is 2.92. The number of fused-ring (bicyclic) bond motifs is 2. The van der Waals surface area contributed by atoms with Crippen LogP contribution in [0, 0.1) is 5.41 Å². The highest BCUT2D eigenvalue weighted by Gasteiger charge is 2.10. The van der Waals surface area contributed by atoms with Crippen molar-refractivity contribution in [2.45, 2.75) is 6.42 Å². The maximum Gasteiger partial charge on any atom is 0.250 e. The van der Waals surface area contributed by atoms with Gasteiger partial charge in [0.05, 0.1) is 30.1 Å². The van der Waals surface area contributed by atoms with E-state index in [0.29, 0.717) is 23.5 Å². The smallest absolute Gasteiger partial charge is 0.250 e. The third kappa shape index (κ3) is 3.48. The van der Waals surface area contributed by atoms with E-state index in [2.05, 4.69) is 31.4 Å². The van der Waals surface area contributed by atoms with Crippen LogP contribution in [0.5, 0.6) is 0 Å². The van der Waals surface area contributed by atoms with E-state index in [9.17, 15) is 4.79 Å².